The van der Waals surface area contributed by atoms with Crippen LogP contribution >= 0.6 is 0 Å². The summed E-state index contributed by atoms with van der Waals surface area (Å²) >= 11 is 0. The Hall–Kier alpha value is -2.31. The van der Waals surface area contributed by atoms with Gasteiger partial charge in [-0.1, -0.05) is 0 Å². The number of nitrogens with one attached hydrogen (secondary N) is 2. The minimum Gasteiger partial charge on any atom is -0.497 e. The Kier molecular flexibility index (Phi) is 4.39. The molecular formula is C13H15F2N3O2. The van der Waals surface area contributed by atoms with Crippen LogP contribution in [0, 0.1) is 6.92 Å². The van der Waals surface area contributed by atoms with Gasteiger partial charge in [-0.25, -0.2) is 4.98 Å². The fraction of sp³-hybridized carbons (Fsp3) is 0.308. The van der Waals surface area contributed by atoms with Gasteiger partial charge in [-0.3, -0.25) is 0 Å². The van der Waals surface area contributed by atoms with Gasteiger partial charge in [-0.2, -0.15) is 8.78 Å². The number of imidazole rings is 1. The summed E-state index contributed by atoms with van der Waals surface area (Å²) in [5.41, 5.74) is 1.27. The van der Waals surface area contributed by atoms with Gasteiger partial charge < -0.3 is 19.8 Å². The highest BCUT2D eigenvalue weighted by molar-refractivity contribution is 5.59. The first-order valence-corrected chi connectivity index (χ1v) is 5.95. The van der Waals surface area contributed by atoms with Crippen molar-refractivity contribution in [3.63, 3.8) is 0 Å². The fourth-order valence-corrected chi connectivity index (χ4v) is 1.72. The Morgan fingerprint density at radius 3 is 2.80 bits per heavy atom. The first-order chi connectivity index (χ1) is 9.58. The van der Waals surface area contributed by atoms with Gasteiger partial charge in [0.2, 0.25) is 0 Å². The first kappa shape index (κ1) is 14.1. The van der Waals surface area contributed by atoms with Gasteiger partial charge in [0.25, 0.3) is 0 Å². The van der Waals surface area contributed by atoms with Crippen molar-refractivity contribution in [3.8, 4) is 11.5 Å². The quantitative estimate of drug-likeness (QED) is 0.855. The maximum absolute atomic E-state index is 12.4. The number of ether oxygens (including phenoxy) is 2. The van der Waals surface area contributed by atoms with Gasteiger partial charge in [0.15, 0.2) is 0 Å². The normalized spacial score (nSPS) is 10.7. The predicted molar refractivity (Wildman–Crippen MR) is 70.3 cm³/mol. The predicted octanol–water partition coefficient (Wildman–Crippen LogP) is 2.94. The van der Waals surface area contributed by atoms with Crippen LogP contribution in [0.2, 0.25) is 0 Å². The molecule has 108 valence electrons. The van der Waals surface area contributed by atoms with Crippen molar-refractivity contribution in [2.24, 2.45) is 0 Å². The third-order valence-electron chi connectivity index (χ3n) is 2.63. The maximum Gasteiger partial charge on any atom is 0.387 e. The standard InChI is InChI=1S/C13H15F2N3O2/c1-8-16-6-9(18-8)7-17-11-5-10(19-2)3-4-12(11)20-13(14)15/h3-6,13,17H,7H2,1-2H3,(H,16,18). The molecule has 1 aromatic carbocycles. The first-order valence-electron chi connectivity index (χ1n) is 5.95. The lowest BCUT2D eigenvalue weighted by Crippen LogP contribution is -2.07. The summed E-state index contributed by atoms with van der Waals surface area (Å²) in [5.74, 6) is 1.41. The zero-order chi connectivity index (χ0) is 14.5. The van der Waals surface area contributed by atoms with E-state index in [0.29, 0.717) is 18.0 Å². The Bertz CT molecular complexity index is 572. The highest BCUT2D eigenvalue weighted by Gasteiger charge is 2.11. The number of alkyl halides is 2. The SMILES string of the molecule is COc1ccc(OC(F)F)c(NCc2cnc(C)[nH]2)c1. The zero-order valence-corrected chi connectivity index (χ0v) is 11.1. The largest absolute Gasteiger partial charge is 0.497 e. The second kappa shape index (κ2) is 6.23. The molecule has 0 aliphatic rings. The van der Waals surface area contributed by atoms with Crippen LogP contribution in [0.3, 0.4) is 0 Å². The Morgan fingerprint density at radius 1 is 1.40 bits per heavy atom. The second-order valence-corrected chi connectivity index (χ2v) is 4.09. The van der Waals surface area contributed by atoms with Crippen LogP contribution in [0.25, 0.3) is 0 Å². The number of aryl methyl sites for hydroxylation is 1. The van der Waals surface area contributed by atoms with Gasteiger partial charge >= 0.3 is 6.61 Å². The van der Waals surface area contributed by atoms with Crippen molar-refractivity contribution in [1.82, 2.24) is 9.97 Å². The molecule has 0 amide bonds. The number of aromatic nitrogens is 2. The minimum absolute atomic E-state index is 0.0667. The van der Waals surface area contributed by atoms with Crippen molar-refractivity contribution in [2.45, 2.75) is 20.1 Å². The number of anilines is 1. The van der Waals surface area contributed by atoms with E-state index in [0.717, 1.165) is 11.5 Å². The van der Waals surface area contributed by atoms with Gasteiger partial charge in [0, 0.05) is 6.07 Å². The van der Waals surface area contributed by atoms with Crippen LogP contribution in [0.5, 0.6) is 11.5 Å². The number of halogens is 2. The third kappa shape index (κ3) is 3.59. The summed E-state index contributed by atoms with van der Waals surface area (Å²) in [6.45, 7) is -0.632. The van der Waals surface area contributed by atoms with Gasteiger partial charge in [-0.15, -0.1) is 0 Å². The number of methoxy groups -OCH3 is 1. The van der Waals surface area contributed by atoms with E-state index >= 15 is 0 Å². The number of H-pyrrole nitrogens is 1. The van der Waals surface area contributed by atoms with Crippen molar-refractivity contribution >= 4 is 5.69 Å². The number of hydrogen-bond donors (Lipinski definition) is 2. The Balaban J connectivity index is 2.14. The molecule has 0 bridgehead atoms. The Labute approximate surface area is 114 Å². The maximum atomic E-state index is 12.4. The smallest absolute Gasteiger partial charge is 0.387 e. The number of aromatic amines is 1. The van der Waals surface area contributed by atoms with Crippen molar-refractivity contribution in [3.05, 3.63) is 35.9 Å². The molecule has 0 spiro atoms. The van der Waals surface area contributed by atoms with E-state index in [9.17, 15) is 8.78 Å². The van der Waals surface area contributed by atoms with E-state index in [1.807, 2.05) is 6.92 Å². The molecule has 0 radical (unpaired) electrons. The number of benzene rings is 1. The molecule has 0 saturated carbocycles. The average molecular weight is 283 g/mol. The topological polar surface area (TPSA) is 59.2 Å². The highest BCUT2D eigenvalue weighted by atomic mass is 19.3. The number of rotatable bonds is 6. The van der Waals surface area contributed by atoms with Crippen molar-refractivity contribution in [2.75, 3.05) is 12.4 Å². The van der Waals surface area contributed by atoms with Crippen LogP contribution in [0.15, 0.2) is 24.4 Å². The lowest BCUT2D eigenvalue weighted by molar-refractivity contribution is -0.0494. The molecule has 7 heteroatoms. The molecule has 0 aliphatic carbocycles. The van der Waals surface area contributed by atoms with E-state index in [4.69, 9.17) is 4.74 Å². The molecule has 20 heavy (non-hydrogen) atoms. The molecular weight excluding hydrogens is 268 g/mol. The third-order valence-corrected chi connectivity index (χ3v) is 2.63. The second-order valence-electron chi connectivity index (χ2n) is 4.09. The molecule has 0 unspecified atom stereocenters. The van der Waals surface area contributed by atoms with Crippen LogP contribution < -0.4 is 14.8 Å². The zero-order valence-electron chi connectivity index (χ0n) is 11.1. The van der Waals surface area contributed by atoms with Crippen molar-refractivity contribution in [1.29, 1.82) is 0 Å². The number of nitrogens with zero attached hydrogens (tertiary/aromatic N) is 1. The van der Waals surface area contributed by atoms with E-state index in [1.165, 1.54) is 13.2 Å². The molecule has 1 aromatic heterocycles. The number of hydrogen-bond acceptors (Lipinski definition) is 4. The molecule has 2 N–H and O–H groups in total. The van der Waals surface area contributed by atoms with Gasteiger partial charge in [0.1, 0.15) is 17.3 Å². The van der Waals surface area contributed by atoms with Crippen molar-refractivity contribution < 1.29 is 18.3 Å². The lowest BCUT2D eigenvalue weighted by Gasteiger charge is -2.13. The van der Waals surface area contributed by atoms with Crippen LogP contribution in [0.4, 0.5) is 14.5 Å². The van der Waals surface area contributed by atoms with Gasteiger partial charge in [0.05, 0.1) is 31.2 Å². The molecule has 2 rings (SSSR count). The van der Waals surface area contributed by atoms with Gasteiger partial charge in [-0.05, 0) is 19.1 Å². The van der Waals surface area contributed by atoms with E-state index in [1.54, 1.807) is 18.3 Å². The van der Waals surface area contributed by atoms with E-state index in [2.05, 4.69) is 20.0 Å². The Morgan fingerprint density at radius 2 is 2.20 bits per heavy atom. The summed E-state index contributed by atoms with van der Waals surface area (Å²) < 4.78 is 34.2. The molecule has 0 aliphatic heterocycles. The van der Waals surface area contributed by atoms with Crippen LogP contribution in [-0.2, 0) is 6.54 Å². The molecule has 1 heterocycles. The minimum atomic E-state index is -2.88. The molecule has 5 nitrogen and oxygen atoms in total. The van der Waals surface area contributed by atoms with Crippen LogP contribution in [0.1, 0.15) is 11.5 Å². The highest BCUT2D eigenvalue weighted by Crippen LogP contribution is 2.30. The van der Waals surface area contributed by atoms with Crippen LogP contribution in [-0.4, -0.2) is 23.7 Å². The fourth-order valence-electron chi connectivity index (χ4n) is 1.72. The molecule has 0 fully saturated rings. The van der Waals surface area contributed by atoms with E-state index < -0.39 is 6.61 Å². The lowest BCUT2D eigenvalue weighted by atomic mass is 10.2. The summed E-state index contributed by atoms with van der Waals surface area (Å²) in [4.78, 5) is 7.10. The molecule has 0 saturated heterocycles. The monoisotopic (exact) mass is 283 g/mol. The van der Waals surface area contributed by atoms with E-state index in [-0.39, 0.29) is 5.75 Å². The summed E-state index contributed by atoms with van der Waals surface area (Å²) in [6, 6.07) is 4.59. The summed E-state index contributed by atoms with van der Waals surface area (Å²) in [6.07, 6.45) is 1.68. The summed E-state index contributed by atoms with van der Waals surface area (Å²) in [7, 11) is 1.50. The average Bonchev–Trinajstić information content (AvgIpc) is 2.83. The molecule has 0 atom stereocenters. The summed E-state index contributed by atoms with van der Waals surface area (Å²) in [5, 5.41) is 3.01. The molecule has 2 aromatic rings.